The van der Waals surface area contributed by atoms with Gasteiger partial charge in [0, 0.05) is 23.7 Å². The van der Waals surface area contributed by atoms with Gasteiger partial charge in [-0.25, -0.2) is 0 Å². The molecule has 0 unspecified atom stereocenters. The minimum Gasteiger partial charge on any atom is -0.349 e. The molecule has 0 saturated heterocycles. The van der Waals surface area contributed by atoms with Gasteiger partial charge in [-0.15, -0.1) is 0 Å². The van der Waals surface area contributed by atoms with Crippen LogP contribution in [0.2, 0.25) is 0 Å². The number of non-ortho nitro benzene ring substituents is 1. The van der Waals surface area contributed by atoms with Gasteiger partial charge in [-0.2, -0.15) is 5.10 Å². The highest BCUT2D eigenvalue weighted by Gasteiger charge is 2.20. The van der Waals surface area contributed by atoms with E-state index in [0.29, 0.717) is 16.8 Å². The number of nitrogens with zero attached hydrogens (tertiary/aromatic N) is 2. The number of hydrogen-bond donors (Lipinski definition) is 2. The summed E-state index contributed by atoms with van der Waals surface area (Å²) in [6, 6.07) is 6.28. The molecule has 1 aromatic carbocycles. The molecule has 7 heteroatoms. The van der Waals surface area contributed by atoms with Crippen LogP contribution >= 0.6 is 0 Å². The van der Waals surface area contributed by atoms with Crippen molar-refractivity contribution in [1.29, 1.82) is 0 Å². The molecule has 1 amide bonds. The highest BCUT2D eigenvalue weighted by atomic mass is 16.6. The monoisotopic (exact) mass is 314 g/mol. The van der Waals surface area contributed by atoms with Crippen molar-refractivity contribution in [1.82, 2.24) is 15.5 Å². The Morgan fingerprint density at radius 1 is 1.22 bits per heavy atom. The number of carbonyl (C=O) groups is 1. The van der Waals surface area contributed by atoms with E-state index in [2.05, 4.69) is 15.5 Å². The van der Waals surface area contributed by atoms with E-state index in [4.69, 9.17) is 0 Å². The van der Waals surface area contributed by atoms with Crippen LogP contribution in [0.25, 0.3) is 11.3 Å². The van der Waals surface area contributed by atoms with E-state index in [9.17, 15) is 14.9 Å². The fourth-order valence-electron chi connectivity index (χ4n) is 2.94. The van der Waals surface area contributed by atoms with Crippen LogP contribution in [0.5, 0.6) is 0 Å². The molecule has 0 radical (unpaired) electrons. The standard InChI is InChI=1S/C16H18N4O3/c21-16(18-12-4-2-1-3-5-12)14-10-17-19-15(14)11-6-8-13(9-7-11)20(22)23/h6-10,12H,1-5H2,(H,17,19)(H,18,21). The van der Waals surface area contributed by atoms with Crippen molar-refractivity contribution in [3.63, 3.8) is 0 Å². The second-order valence-electron chi connectivity index (χ2n) is 5.77. The van der Waals surface area contributed by atoms with Gasteiger partial charge < -0.3 is 5.32 Å². The summed E-state index contributed by atoms with van der Waals surface area (Å²) in [4.78, 5) is 22.7. The van der Waals surface area contributed by atoms with Gasteiger partial charge in [0.15, 0.2) is 0 Å². The van der Waals surface area contributed by atoms with Crippen molar-refractivity contribution in [2.24, 2.45) is 0 Å². The van der Waals surface area contributed by atoms with Gasteiger partial charge >= 0.3 is 0 Å². The summed E-state index contributed by atoms with van der Waals surface area (Å²) in [5, 5.41) is 20.5. The Bertz CT molecular complexity index is 702. The molecule has 1 saturated carbocycles. The SMILES string of the molecule is O=C(NC1CCCCC1)c1cn[nH]c1-c1ccc([N+](=O)[O-])cc1. The van der Waals surface area contributed by atoms with E-state index in [1.165, 1.54) is 24.8 Å². The summed E-state index contributed by atoms with van der Waals surface area (Å²) in [6.45, 7) is 0. The molecule has 2 aromatic rings. The van der Waals surface area contributed by atoms with E-state index >= 15 is 0 Å². The Morgan fingerprint density at radius 3 is 2.57 bits per heavy atom. The first-order valence-electron chi connectivity index (χ1n) is 7.74. The molecular formula is C16H18N4O3. The molecule has 120 valence electrons. The van der Waals surface area contributed by atoms with E-state index in [1.54, 1.807) is 12.1 Å². The maximum Gasteiger partial charge on any atom is 0.269 e. The second kappa shape index (κ2) is 6.60. The molecule has 1 aliphatic carbocycles. The molecule has 3 rings (SSSR count). The highest BCUT2D eigenvalue weighted by molar-refractivity contribution is 5.99. The van der Waals surface area contributed by atoms with Crippen molar-refractivity contribution in [2.75, 3.05) is 0 Å². The van der Waals surface area contributed by atoms with Crippen molar-refractivity contribution in [2.45, 2.75) is 38.1 Å². The zero-order valence-corrected chi connectivity index (χ0v) is 12.6. The van der Waals surface area contributed by atoms with Gasteiger partial charge in [0.05, 0.1) is 22.4 Å². The molecule has 1 aromatic heterocycles. The number of H-pyrrole nitrogens is 1. The minimum atomic E-state index is -0.451. The quantitative estimate of drug-likeness (QED) is 0.669. The smallest absolute Gasteiger partial charge is 0.269 e. The molecule has 0 spiro atoms. The first-order valence-corrected chi connectivity index (χ1v) is 7.74. The lowest BCUT2D eigenvalue weighted by atomic mass is 9.95. The molecule has 23 heavy (non-hydrogen) atoms. The number of hydrogen-bond acceptors (Lipinski definition) is 4. The number of rotatable bonds is 4. The maximum atomic E-state index is 12.5. The van der Waals surface area contributed by atoms with Crippen LogP contribution in [-0.2, 0) is 0 Å². The van der Waals surface area contributed by atoms with Crippen LogP contribution in [0.3, 0.4) is 0 Å². The summed E-state index contributed by atoms with van der Waals surface area (Å²) in [5.74, 6) is -0.154. The van der Waals surface area contributed by atoms with Crippen LogP contribution in [-0.4, -0.2) is 27.1 Å². The van der Waals surface area contributed by atoms with Gasteiger partial charge in [-0.3, -0.25) is 20.0 Å². The van der Waals surface area contributed by atoms with E-state index in [0.717, 1.165) is 25.7 Å². The average Bonchev–Trinajstić information content (AvgIpc) is 3.05. The lowest BCUT2D eigenvalue weighted by Crippen LogP contribution is -2.36. The molecule has 2 N–H and O–H groups in total. The first kappa shape index (κ1) is 15.2. The molecule has 0 bridgehead atoms. The number of amides is 1. The third-order valence-electron chi connectivity index (χ3n) is 4.19. The van der Waals surface area contributed by atoms with Gasteiger partial charge in [-0.1, -0.05) is 19.3 Å². The highest BCUT2D eigenvalue weighted by Crippen LogP contribution is 2.24. The number of benzene rings is 1. The number of aromatic nitrogens is 2. The number of nitrogens with one attached hydrogen (secondary N) is 2. The van der Waals surface area contributed by atoms with E-state index in [1.807, 2.05) is 0 Å². The largest absolute Gasteiger partial charge is 0.349 e. The Hall–Kier alpha value is -2.70. The molecule has 0 atom stereocenters. The average molecular weight is 314 g/mol. The summed E-state index contributed by atoms with van der Waals surface area (Å²) in [7, 11) is 0. The predicted molar refractivity (Wildman–Crippen MR) is 85.0 cm³/mol. The Balaban J connectivity index is 1.78. The summed E-state index contributed by atoms with van der Waals surface area (Å²) >= 11 is 0. The van der Waals surface area contributed by atoms with Crippen LogP contribution in [0.15, 0.2) is 30.5 Å². The number of nitro groups is 1. The third-order valence-corrected chi connectivity index (χ3v) is 4.19. The third kappa shape index (κ3) is 3.39. The van der Waals surface area contributed by atoms with Crippen LogP contribution < -0.4 is 5.32 Å². The topological polar surface area (TPSA) is 101 Å². The van der Waals surface area contributed by atoms with Crippen LogP contribution in [0, 0.1) is 10.1 Å². The molecule has 1 aliphatic rings. The fourth-order valence-corrected chi connectivity index (χ4v) is 2.94. The van der Waals surface area contributed by atoms with E-state index in [-0.39, 0.29) is 17.6 Å². The Labute approximate surface area is 133 Å². The van der Waals surface area contributed by atoms with E-state index < -0.39 is 4.92 Å². The summed E-state index contributed by atoms with van der Waals surface area (Å²) < 4.78 is 0. The summed E-state index contributed by atoms with van der Waals surface area (Å²) in [6.07, 6.45) is 7.03. The second-order valence-corrected chi connectivity index (χ2v) is 5.77. The number of nitro benzene ring substituents is 1. The molecular weight excluding hydrogens is 296 g/mol. The predicted octanol–water partition coefficient (Wildman–Crippen LogP) is 3.05. The van der Waals surface area contributed by atoms with Crippen molar-refractivity contribution >= 4 is 11.6 Å². The normalized spacial score (nSPS) is 15.3. The molecule has 1 fully saturated rings. The van der Waals surface area contributed by atoms with Gasteiger partial charge in [-0.05, 0) is 25.0 Å². The fraction of sp³-hybridized carbons (Fsp3) is 0.375. The molecule has 7 nitrogen and oxygen atoms in total. The summed E-state index contributed by atoms with van der Waals surface area (Å²) in [5.41, 5.74) is 1.75. The van der Waals surface area contributed by atoms with Crippen LogP contribution in [0.4, 0.5) is 5.69 Å². The zero-order chi connectivity index (χ0) is 16.2. The number of carbonyl (C=O) groups excluding carboxylic acids is 1. The number of aromatic amines is 1. The maximum absolute atomic E-state index is 12.5. The molecule has 0 aliphatic heterocycles. The Morgan fingerprint density at radius 2 is 1.91 bits per heavy atom. The Kier molecular flexibility index (Phi) is 4.36. The van der Waals surface area contributed by atoms with Gasteiger partial charge in [0.1, 0.15) is 0 Å². The van der Waals surface area contributed by atoms with Crippen LogP contribution in [0.1, 0.15) is 42.5 Å². The van der Waals surface area contributed by atoms with Crippen molar-refractivity contribution < 1.29 is 9.72 Å². The van der Waals surface area contributed by atoms with Crippen molar-refractivity contribution in [3.05, 3.63) is 46.1 Å². The minimum absolute atomic E-state index is 0.0153. The van der Waals surface area contributed by atoms with Gasteiger partial charge in [0.25, 0.3) is 11.6 Å². The zero-order valence-electron chi connectivity index (χ0n) is 12.6. The van der Waals surface area contributed by atoms with Gasteiger partial charge in [0.2, 0.25) is 0 Å². The lowest BCUT2D eigenvalue weighted by molar-refractivity contribution is -0.384. The first-order chi connectivity index (χ1) is 11.1. The molecule has 1 heterocycles. The van der Waals surface area contributed by atoms with Crippen molar-refractivity contribution in [3.8, 4) is 11.3 Å². The lowest BCUT2D eigenvalue weighted by Gasteiger charge is -2.22.